The van der Waals surface area contributed by atoms with Crippen molar-refractivity contribution in [3.63, 3.8) is 0 Å². The number of ether oxygens (including phenoxy) is 3. The first-order valence-electron chi connectivity index (χ1n) is 11.2. The van der Waals surface area contributed by atoms with Crippen LogP contribution >= 0.6 is 0 Å². The van der Waals surface area contributed by atoms with Crippen molar-refractivity contribution in [1.82, 2.24) is 4.90 Å². The second-order valence-corrected chi connectivity index (χ2v) is 8.36. The number of rotatable bonds is 8. The Hall–Kier alpha value is -3.32. The molecule has 7 heteroatoms. The number of likely N-dealkylation sites (tertiary alicyclic amines) is 1. The molecule has 1 fully saturated rings. The lowest BCUT2D eigenvalue weighted by Crippen LogP contribution is -2.32. The minimum Gasteiger partial charge on any atom is -0.507 e. The zero-order valence-electron chi connectivity index (χ0n) is 19.2. The molecule has 0 aliphatic carbocycles. The third-order valence-corrected chi connectivity index (χ3v) is 5.89. The third kappa shape index (κ3) is 4.46. The molecule has 0 saturated carbocycles. The maximum atomic E-state index is 13.1. The van der Waals surface area contributed by atoms with E-state index in [0.717, 1.165) is 24.2 Å². The topological polar surface area (TPSA) is 85.3 Å². The summed E-state index contributed by atoms with van der Waals surface area (Å²) in [4.78, 5) is 27.5. The van der Waals surface area contributed by atoms with E-state index in [1.165, 1.54) is 4.90 Å². The van der Waals surface area contributed by atoms with E-state index in [4.69, 9.17) is 14.2 Å². The van der Waals surface area contributed by atoms with Crippen LogP contribution < -0.4 is 9.47 Å². The fraction of sp³-hybridized carbons (Fsp3) is 0.385. The van der Waals surface area contributed by atoms with E-state index in [1.54, 1.807) is 19.2 Å². The minimum absolute atomic E-state index is 0.0582. The van der Waals surface area contributed by atoms with Gasteiger partial charge < -0.3 is 24.2 Å². The standard InChI is InChI=1S/C26H29NO6/c1-4-11-32-20-7-5-6-17(15-20)23-22(25(29)26(30)27(23)10-12-31-3)24(28)18-8-9-21-19(14-18)13-16(2)33-21/h5-9,14-16,23,28H,4,10-13H2,1-3H3. The van der Waals surface area contributed by atoms with Crippen molar-refractivity contribution in [3.8, 4) is 11.5 Å². The summed E-state index contributed by atoms with van der Waals surface area (Å²) >= 11 is 0. The summed E-state index contributed by atoms with van der Waals surface area (Å²) < 4.78 is 16.7. The van der Waals surface area contributed by atoms with Crippen molar-refractivity contribution in [2.45, 2.75) is 38.8 Å². The SMILES string of the molecule is CCCOc1cccc(C2C(=C(O)c3ccc4c(c3)CC(C)O4)C(=O)C(=O)N2CCOC)c1. The number of amides is 1. The van der Waals surface area contributed by atoms with Gasteiger partial charge in [0.1, 0.15) is 23.4 Å². The molecule has 2 aromatic carbocycles. The number of ketones is 1. The van der Waals surface area contributed by atoms with Gasteiger partial charge in [-0.15, -0.1) is 0 Å². The molecule has 0 aromatic heterocycles. The molecule has 4 rings (SSSR count). The molecule has 7 nitrogen and oxygen atoms in total. The number of hydrogen-bond acceptors (Lipinski definition) is 6. The summed E-state index contributed by atoms with van der Waals surface area (Å²) in [5, 5.41) is 11.3. The Labute approximate surface area is 193 Å². The van der Waals surface area contributed by atoms with Crippen molar-refractivity contribution >= 4 is 17.4 Å². The molecule has 0 spiro atoms. The number of benzene rings is 2. The van der Waals surface area contributed by atoms with Crippen LogP contribution in [0.3, 0.4) is 0 Å². The molecule has 0 radical (unpaired) electrons. The molecule has 1 saturated heterocycles. The van der Waals surface area contributed by atoms with Crippen molar-refractivity contribution in [1.29, 1.82) is 0 Å². The van der Waals surface area contributed by atoms with Crippen molar-refractivity contribution in [2.75, 3.05) is 26.9 Å². The number of fused-ring (bicyclic) bond motifs is 1. The lowest BCUT2D eigenvalue weighted by atomic mass is 9.94. The van der Waals surface area contributed by atoms with Crippen LogP contribution in [-0.4, -0.2) is 54.7 Å². The van der Waals surface area contributed by atoms with E-state index in [9.17, 15) is 14.7 Å². The lowest BCUT2D eigenvalue weighted by Gasteiger charge is -2.25. The highest BCUT2D eigenvalue weighted by Gasteiger charge is 2.46. The molecule has 0 bridgehead atoms. The molecule has 2 unspecified atom stereocenters. The Kier molecular flexibility index (Phi) is 6.70. The van der Waals surface area contributed by atoms with E-state index in [1.807, 2.05) is 44.2 Å². The van der Waals surface area contributed by atoms with Crippen LogP contribution in [0.2, 0.25) is 0 Å². The monoisotopic (exact) mass is 451 g/mol. The van der Waals surface area contributed by atoms with Crippen LogP contribution in [0.25, 0.3) is 5.76 Å². The Balaban J connectivity index is 1.80. The van der Waals surface area contributed by atoms with Crippen LogP contribution in [0.1, 0.15) is 43.0 Å². The van der Waals surface area contributed by atoms with E-state index in [0.29, 0.717) is 23.5 Å². The average Bonchev–Trinajstić information content (AvgIpc) is 3.31. The molecule has 2 aliphatic heterocycles. The summed E-state index contributed by atoms with van der Waals surface area (Å²) in [6.07, 6.45) is 1.64. The molecule has 2 atom stereocenters. The molecule has 1 N–H and O–H groups in total. The molecule has 2 heterocycles. The summed E-state index contributed by atoms with van der Waals surface area (Å²) in [5.74, 6) is -0.136. The maximum absolute atomic E-state index is 13.1. The molecular formula is C26H29NO6. The number of Topliss-reactive ketones (excluding diaryl/α,β-unsaturated/α-hetero) is 1. The van der Waals surface area contributed by atoms with Crippen LogP contribution in [0.4, 0.5) is 0 Å². The number of nitrogens with zero attached hydrogens (tertiary/aromatic N) is 1. The Morgan fingerprint density at radius 2 is 2.00 bits per heavy atom. The van der Waals surface area contributed by atoms with Crippen LogP contribution in [0, 0.1) is 0 Å². The van der Waals surface area contributed by atoms with Gasteiger partial charge >= 0.3 is 0 Å². The molecule has 2 aliphatic rings. The van der Waals surface area contributed by atoms with Crippen molar-refractivity contribution in [2.24, 2.45) is 0 Å². The highest BCUT2D eigenvalue weighted by Crippen LogP contribution is 2.41. The lowest BCUT2D eigenvalue weighted by molar-refractivity contribution is -0.140. The summed E-state index contributed by atoms with van der Waals surface area (Å²) in [7, 11) is 1.54. The zero-order chi connectivity index (χ0) is 23.5. The van der Waals surface area contributed by atoms with Crippen LogP contribution in [0.15, 0.2) is 48.0 Å². The highest BCUT2D eigenvalue weighted by molar-refractivity contribution is 6.46. The van der Waals surface area contributed by atoms with Gasteiger partial charge in [0, 0.05) is 25.6 Å². The minimum atomic E-state index is -0.742. The van der Waals surface area contributed by atoms with Gasteiger partial charge in [0.2, 0.25) is 0 Å². The first-order chi connectivity index (χ1) is 15.9. The summed E-state index contributed by atoms with van der Waals surface area (Å²) in [6.45, 7) is 5.05. The highest BCUT2D eigenvalue weighted by atomic mass is 16.5. The van der Waals surface area contributed by atoms with E-state index >= 15 is 0 Å². The van der Waals surface area contributed by atoms with E-state index < -0.39 is 17.7 Å². The summed E-state index contributed by atoms with van der Waals surface area (Å²) in [5.41, 5.74) is 2.21. The van der Waals surface area contributed by atoms with E-state index in [2.05, 4.69) is 0 Å². The average molecular weight is 452 g/mol. The van der Waals surface area contributed by atoms with Gasteiger partial charge in [-0.25, -0.2) is 0 Å². The number of hydrogen-bond donors (Lipinski definition) is 1. The third-order valence-electron chi connectivity index (χ3n) is 5.89. The Bertz CT molecular complexity index is 1090. The normalized spacial score (nSPS) is 21.2. The van der Waals surface area contributed by atoms with Crippen LogP contribution in [-0.2, 0) is 20.7 Å². The molecule has 33 heavy (non-hydrogen) atoms. The van der Waals surface area contributed by atoms with Gasteiger partial charge in [0.25, 0.3) is 11.7 Å². The number of methoxy groups -OCH3 is 1. The maximum Gasteiger partial charge on any atom is 0.295 e. The second kappa shape index (κ2) is 9.67. The number of carbonyl (C=O) groups is 2. The smallest absolute Gasteiger partial charge is 0.295 e. The zero-order valence-corrected chi connectivity index (χ0v) is 19.2. The molecular weight excluding hydrogens is 422 g/mol. The largest absolute Gasteiger partial charge is 0.507 e. The van der Waals surface area contributed by atoms with Gasteiger partial charge in [0.15, 0.2) is 0 Å². The number of aliphatic hydroxyl groups is 1. The van der Waals surface area contributed by atoms with E-state index in [-0.39, 0.29) is 30.6 Å². The fourth-order valence-corrected chi connectivity index (χ4v) is 4.37. The Morgan fingerprint density at radius 3 is 2.76 bits per heavy atom. The predicted molar refractivity (Wildman–Crippen MR) is 123 cm³/mol. The number of carbonyl (C=O) groups excluding carboxylic acids is 2. The first kappa shape index (κ1) is 22.9. The molecule has 1 amide bonds. The Morgan fingerprint density at radius 1 is 1.18 bits per heavy atom. The summed E-state index contributed by atoms with van der Waals surface area (Å²) in [6, 6.07) is 11.9. The predicted octanol–water partition coefficient (Wildman–Crippen LogP) is 3.87. The van der Waals surface area contributed by atoms with Gasteiger partial charge in [-0.2, -0.15) is 0 Å². The fourth-order valence-electron chi connectivity index (χ4n) is 4.37. The quantitative estimate of drug-likeness (QED) is 0.373. The first-order valence-corrected chi connectivity index (χ1v) is 11.2. The second-order valence-electron chi connectivity index (χ2n) is 8.36. The molecule has 2 aromatic rings. The van der Waals surface area contributed by atoms with Gasteiger partial charge in [-0.05, 0) is 54.8 Å². The van der Waals surface area contributed by atoms with Crippen molar-refractivity contribution < 1.29 is 28.9 Å². The van der Waals surface area contributed by atoms with Crippen LogP contribution in [0.5, 0.6) is 11.5 Å². The van der Waals surface area contributed by atoms with Crippen molar-refractivity contribution in [3.05, 3.63) is 64.7 Å². The number of aliphatic hydroxyl groups excluding tert-OH is 1. The van der Waals surface area contributed by atoms with Gasteiger partial charge in [-0.1, -0.05) is 19.1 Å². The van der Waals surface area contributed by atoms with Gasteiger partial charge in [-0.3, -0.25) is 9.59 Å². The van der Waals surface area contributed by atoms with Gasteiger partial charge in [0.05, 0.1) is 24.8 Å². The molecule has 174 valence electrons.